The molecule has 0 aliphatic heterocycles. The van der Waals surface area contributed by atoms with Gasteiger partial charge in [-0.15, -0.1) is 0 Å². The predicted molar refractivity (Wildman–Crippen MR) is 50.1 cm³/mol. The summed E-state index contributed by atoms with van der Waals surface area (Å²) in [7, 11) is 0. The van der Waals surface area contributed by atoms with Crippen molar-refractivity contribution in [2.24, 2.45) is 5.73 Å². The fourth-order valence-electron chi connectivity index (χ4n) is 1.19. The summed E-state index contributed by atoms with van der Waals surface area (Å²) < 4.78 is 0. The Hall–Kier alpha value is -1.63. The molecule has 0 aromatic carbocycles. The van der Waals surface area contributed by atoms with Gasteiger partial charge >= 0.3 is 17.8 Å². The van der Waals surface area contributed by atoms with Crippen LogP contribution >= 0.6 is 0 Å². The van der Waals surface area contributed by atoms with Crippen molar-refractivity contribution in [3.63, 3.8) is 0 Å². The first-order valence-corrected chi connectivity index (χ1v) is 4.42. The van der Waals surface area contributed by atoms with Crippen LogP contribution in [0.15, 0.2) is 0 Å². The molecule has 0 aromatic rings. The molecule has 0 spiro atoms. The lowest BCUT2D eigenvalue weighted by Crippen LogP contribution is -2.49. The summed E-state index contributed by atoms with van der Waals surface area (Å²) in [6.07, 6.45) is 0.133. The van der Waals surface area contributed by atoms with E-state index in [4.69, 9.17) is 15.9 Å². The van der Waals surface area contributed by atoms with Crippen LogP contribution in [0.1, 0.15) is 13.3 Å². The second kappa shape index (κ2) is 5.97. The standard InChI is InChI=1S/C8H14N2O5/c1-2-5(7(12)13)10(4-3-9)6(11)8(14)15/h5H,2-4,9H2,1H3,(H,12,13)(H,14,15)/t5-/m0/s1. The molecule has 15 heavy (non-hydrogen) atoms. The lowest BCUT2D eigenvalue weighted by atomic mass is 10.2. The molecule has 1 atom stereocenters. The van der Waals surface area contributed by atoms with Crippen molar-refractivity contribution in [1.29, 1.82) is 0 Å². The highest BCUT2D eigenvalue weighted by atomic mass is 16.4. The summed E-state index contributed by atoms with van der Waals surface area (Å²) >= 11 is 0. The molecule has 7 nitrogen and oxygen atoms in total. The quantitative estimate of drug-likeness (QED) is 0.494. The van der Waals surface area contributed by atoms with Gasteiger partial charge in [0.2, 0.25) is 0 Å². The number of carbonyl (C=O) groups is 3. The van der Waals surface area contributed by atoms with Crippen molar-refractivity contribution in [3.05, 3.63) is 0 Å². The van der Waals surface area contributed by atoms with E-state index in [2.05, 4.69) is 0 Å². The van der Waals surface area contributed by atoms with Crippen LogP contribution in [0.3, 0.4) is 0 Å². The second-order valence-corrected chi connectivity index (χ2v) is 2.85. The Labute approximate surface area is 86.5 Å². The Morgan fingerprint density at radius 2 is 1.87 bits per heavy atom. The molecule has 86 valence electrons. The Kier molecular flexibility index (Phi) is 5.32. The highest BCUT2D eigenvalue weighted by Gasteiger charge is 2.31. The number of carboxylic acid groups (broad SMARTS) is 2. The third kappa shape index (κ3) is 3.55. The summed E-state index contributed by atoms with van der Waals surface area (Å²) in [5, 5.41) is 17.3. The van der Waals surface area contributed by atoms with Crippen LogP contribution in [0.25, 0.3) is 0 Å². The normalized spacial score (nSPS) is 11.9. The number of nitrogens with two attached hydrogens (primary N) is 1. The predicted octanol–water partition coefficient (Wildman–Crippen LogP) is -1.28. The fraction of sp³-hybridized carbons (Fsp3) is 0.625. The number of carboxylic acids is 2. The van der Waals surface area contributed by atoms with Crippen molar-refractivity contribution < 1.29 is 24.6 Å². The van der Waals surface area contributed by atoms with Gasteiger partial charge in [0.25, 0.3) is 0 Å². The molecule has 0 unspecified atom stereocenters. The van der Waals surface area contributed by atoms with Crippen LogP contribution in [-0.2, 0) is 14.4 Å². The summed E-state index contributed by atoms with van der Waals surface area (Å²) in [5.41, 5.74) is 5.18. The Balaban J connectivity index is 4.84. The van der Waals surface area contributed by atoms with Gasteiger partial charge in [0.15, 0.2) is 0 Å². The topological polar surface area (TPSA) is 121 Å². The van der Waals surface area contributed by atoms with Crippen LogP contribution < -0.4 is 5.73 Å². The fourth-order valence-corrected chi connectivity index (χ4v) is 1.19. The van der Waals surface area contributed by atoms with Gasteiger partial charge in [-0.05, 0) is 6.42 Å². The molecule has 0 aliphatic carbocycles. The molecule has 0 saturated carbocycles. The number of carbonyl (C=O) groups excluding carboxylic acids is 1. The number of amides is 1. The minimum absolute atomic E-state index is 0.0167. The monoisotopic (exact) mass is 218 g/mol. The average molecular weight is 218 g/mol. The van der Waals surface area contributed by atoms with Crippen LogP contribution in [0.5, 0.6) is 0 Å². The van der Waals surface area contributed by atoms with Crippen molar-refractivity contribution in [2.75, 3.05) is 13.1 Å². The zero-order valence-electron chi connectivity index (χ0n) is 8.34. The van der Waals surface area contributed by atoms with E-state index in [9.17, 15) is 14.4 Å². The number of nitrogens with zero attached hydrogens (tertiary/aromatic N) is 1. The van der Waals surface area contributed by atoms with Gasteiger partial charge in [-0.25, -0.2) is 9.59 Å². The van der Waals surface area contributed by atoms with Gasteiger partial charge in [0.1, 0.15) is 6.04 Å². The Morgan fingerprint density at radius 3 is 2.13 bits per heavy atom. The lowest BCUT2D eigenvalue weighted by molar-refractivity contribution is -0.160. The van der Waals surface area contributed by atoms with Gasteiger partial charge in [-0.2, -0.15) is 0 Å². The molecule has 7 heteroatoms. The van der Waals surface area contributed by atoms with Crippen LogP contribution in [0, 0.1) is 0 Å². The van der Waals surface area contributed by atoms with E-state index in [1.54, 1.807) is 6.92 Å². The molecule has 0 heterocycles. The molecular formula is C8H14N2O5. The molecule has 4 N–H and O–H groups in total. The highest BCUT2D eigenvalue weighted by Crippen LogP contribution is 2.05. The minimum atomic E-state index is -1.68. The summed E-state index contributed by atoms with van der Waals surface area (Å²) in [5.74, 6) is -4.15. The molecular weight excluding hydrogens is 204 g/mol. The van der Waals surface area contributed by atoms with Crippen molar-refractivity contribution in [3.8, 4) is 0 Å². The maximum Gasteiger partial charge on any atom is 0.394 e. The summed E-state index contributed by atoms with van der Waals surface area (Å²) in [6.45, 7) is 1.48. The largest absolute Gasteiger partial charge is 0.480 e. The molecule has 0 fully saturated rings. The van der Waals surface area contributed by atoms with Gasteiger partial charge in [0, 0.05) is 13.1 Å². The molecule has 0 saturated heterocycles. The molecule has 1 amide bonds. The molecule has 0 bridgehead atoms. The van der Waals surface area contributed by atoms with E-state index in [-0.39, 0.29) is 19.5 Å². The van der Waals surface area contributed by atoms with Gasteiger partial charge in [0.05, 0.1) is 0 Å². The number of aliphatic carboxylic acids is 2. The number of hydrogen-bond donors (Lipinski definition) is 3. The van der Waals surface area contributed by atoms with Gasteiger partial charge in [-0.1, -0.05) is 6.92 Å². The van der Waals surface area contributed by atoms with E-state index in [0.29, 0.717) is 0 Å². The third-order valence-electron chi connectivity index (χ3n) is 1.86. The number of hydrogen-bond acceptors (Lipinski definition) is 4. The Morgan fingerprint density at radius 1 is 1.33 bits per heavy atom. The summed E-state index contributed by atoms with van der Waals surface area (Å²) in [4.78, 5) is 33.1. The maximum absolute atomic E-state index is 11.1. The van der Waals surface area contributed by atoms with Crippen molar-refractivity contribution in [2.45, 2.75) is 19.4 Å². The maximum atomic E-state index is 11.1. The molecule has 0 aromatic heterocycles. The Bertz CT molecular complexity index is 266. The smallest absolute Gasteiger partial charge is 0.394 e. The van der Waals surface area contributed by atoms with E-state index < -0.39 is 23.9 Å². The zero-order valence-corrected chi connectivity index (χ0v) is 8.34. The van der Waals surface area contributed by atoms with E-state index in [1.165, 1.54) is 0 Å². The van der Waals surface area contributed by atoms with E-state index >= 15 is 0 Å². The lowest BCUT2D eigenvalue weighted by Gasteiger charge is -2.25. The molecule has 0 rings (SSSR count). The third-order valence-corrected chi connectivity index (χ3v) is 1.86. The van der Waals surface area contributed by atoms with Crippen molar-refractivity contribution >= 4 is 17.8 Å². The summed E-state index contributed by atoms with van der Waals surface area (Å²) in [6, 6.07) is -1.14. The van der Waals surface area contributed by atoms with E-state index in [0.717, 1.165) is 4.90 Å². The van der Waals surface area contributed by atoms with Gasteiger partial charge in [-0.3, -0.25) is 4.79 Å². The second-order valence-electron chi connectivity index (χ2n) is 2.85. The minimum Gasteiger partial charge on any atom is -0.480 e. The zero-order chi connectivity index (χ0) is 12.0. The number of rotatable bonds is 5. The first-order chi connectivity index (χ1) is 6.95. The van der Waals surface area contributed by atoms with Crippen molar-refractivity contribution in [1.82, 2.24) is 4.90 Å². The first kappa shape index (κ1) is 13.4. The first-order valence-electron chi connectivity index (χ1n) is 4.42. The highest BCUT2D eigenvalue weighted by molar-refractivity contribution is 6.31. The van der Waals surface area contributed by atoms with E-state index in [1.807, 2.05) is 0 Å². The van der Waals surface area contributed by atoms with Crippen LogP contribution in [0.4, 0.5) is 0 Å². The average Bonchev–Trinajstić information content (AvgIpc) is 2.15. The van der Waals surface area contributed by atoms with Gasteiger partial charge < -0.3 is 20.8 Å². The van der Waals surface area contributed by atoms with Crippen LogP contribution in [0.2, 0.25) is 0 Å². The molecule has 0 radical (unpaired) electrons. The SMILES string of the molecule is CC[C@@H](C(=O)O)N(CCN)C(=O)C(=O)O. The van der Waals surface area contributed by atoms with Crippen LogP contribution in [-0.4, -0.2) is 52.1 Å². The molecule has 0 aliphatic rings.